The number of Topliss-reactive ketones (excluding diaryl/α,β-unsaturated/α-hetero) is 1. The minimum absolute atomic E-state index is 0.0397. The molecule has 188 valence electrons. The molecule has 0 saturated carbocycles. The summed E-state index contributed by atoms with van der Waals surface area (Å²) in [5, 5.41) is 11.5. The van der Waals surface area contributed by atoms with Gasteiger partial charge in [0.1, 0.15) is 23.9 Å². The second-order valence-electron chi connectivity index (χ2n) is 9.27. The molecule has 0 aromatic heterocycles. The number of ether oxygens (including phenoxy) is 2. The fraction of sp³-hybridized carbons (Fsp3) is 0.125. The van der Waals surface area contributed by atoms with Crippen LogP contribution >= 0.6 is 0 Å². The number of aliphatic hydroxyl groups is 1. The van der Waals surface area contributed by atoms with E-state index in [-0.39, 0.29) is 11.3 Å². The monoisotopic (exact) mass is 503 g/mol. The van der Waals surface area contributed by atoms with E-state index < -0.39 is 17.7 Å². The number of hydrogen-bond acceptors (Lipinski definition) is 5. The number of aliphatic hydroxyl groups excluding tert-OH is 1. The summed E-state index contributed by atoms with van der Waals surface area (Å²) in [6.07, 6.45) is 0.721. The van der Waals surface area contributed by atoms with Crippen LogP contribution in [0.4, 0.5) is 5.69 Å². The van der Waals surface area contributed by atoms with Crippen LogP contribution in [0.2, 0.25) is 0 Å². The van der Waals surface area contributed by atoms with Crippen LogP contribution in [0.15, 0.2) is 109 Å². The Balaban J connectivity index is 1.44. The first-order valence-electron chi connectivity index (χ1n) is 12.5. The van der Waals surface area contributed by atoms with Crippen molar-refractivity contribution in [1.29, 1.82) is 0 Å². The van der Waals surface area contributed by atoms with Crippen LogP contribution in [0, 0.1) is 0 Å². The molecule has 2 aliphatic rings. The summed E-state index contributed by atoms with van der Waals surface area (Å²) in [5.41, 5.74) is 3.72. The molecular formula is C32H25NO5. The highest BCUT2D eigenvalue weighted by molar-refractivity contribution is 6.51. The molecule has 38 heavy (non-hydrogen) atoms. The molecule has 0 bridgehead atoms. The van der Waals surface area contributed by atoms with Crippen LogP contribution in [0.1, 0.15) is 28.3 Å². The summed E-state index contributed by atoms with van der Waals surface area (Å²) in [5.74, 6) is -0.269. The number of benzene rings is 4. The summed E-state index contributed by atoms with van der Waals surface area (Å²) in [7, 11) is 0. The number of amides is 1. The molecule has 1 unspecified atom stereocenters. The van der Waals surface area contributed by atoms with Crippen LogP contribution in [0.25, 0.3) is 5.76 Å². The minimum atomic E-state index is -0.831. The van der Waals surface area contributed by atoms with Gasteiger partial charge in [0.15, 0.2) is 0 Å². The SMILES string of the molecule is O=C1C(=O)N(c2ccccc2)C(c2cccc(OCc3ccccc3)c2)/C1=C(/O)c1ccc2c(c1)CCO2. The molecule has 6 heteroatoms. The highest BCUT2D eigenvalue weighted by Crippen LogP contribution is 2.43. The van der Waals surface area contributed by atoms with E-state index in [1.165, 1.54) is 4.90 Å². The molecule has 1 atom stereocenters. The summed E-state index contributed by atoms with van der Waals surface area (Å²) >= 11 is 0. The molecule has 4 aromatic rings. The lowest BCUT2D eigenvalue weighted by Crippen LogP contribution is -2.29. The molecule has 0 radical (unpaired) electrons. The third-order valence-corrected chi connectivity index (χ3v) is 6.86. The maximum absolute atomic E-state index is 13.5. The predicted molar refractivity (Wildman–Crippen MR) is 144 cm³/mol. The summed E-state index contributed by atoms with van der Waals surface area (Å²) in [6, 6.07) is 30.7. The second kappa shape index (κ2) is 9.90. The lowest BCUT2D eigenvalue weighted by Gasteiger charge is -2.25. The predicted octanol–water partition coefficient (Wildman–Crippen LogP) is 5.83. The Morgan fingerprint density at radius 1 is 0.895 bits per heavy atom. The van der Waals surface area contributed by atoms with Crippen molar-refractivity contribution in [1.82, 2.24) is 0 Å². The Morgan fingerprint density at radius 3 is 2.45 bits per heavy atom. The molecule has 2 aliphatic heterocycles. The Labute approximate surface area is 220 Å². The van der Waals surface area contributed by atoms with Crippen LogP contribution < -0.4 is 14.4 Å². The standard InChI is InChI=1S/C32H25NO5/c34-30(24-14-15-27-22(18-24)16-17-37-27)28-29(33(32(36)31(28)35)25-11-5-2-6-12-25)23-10-7-13-26(19-23)38-20-21-8-3-1-4-9-21/h1-15,18-19,29,34H,16-17,20H2/b30-28-. The third kappa shape index (κ3) is 4.30. The fourth-order valence-corrected chi connectivity index (χ4v) is 5.01. The van der Waals surface area contributed by atoms with E-state index in [0.29, 0.717) is 35.8 Å². The van der Waals surface area contributed by atoms with Gasteiger partial charge in [0.2, 0.25) is 0 Å². The highest BCUT2D eigenvalue weighted by Gasteiger charge is 2.47. The van der Waals surface area contributed by atoms with E-state index in [1.54, 1.807) is 24.3 Å². The lowest BCUT2D eigenvalue weighted by molar-refractivity contribution is -0.132. The molecule has 2 heterocycles. The van der Waals surface area contributed by atoms with Gasteiger partial charge in [-0.1, -0.05) is 60.7 Å². The van der Waals surface area contributed by atoms with Crippen LogP contribution in [0.3, 0.4) is 0 Å². The van der Waals surface area contributed by atoms with Gasteiger partial charge in [-0.2, -0.15) is 0 Å². The summed E-state index contributed by atoms with van der Waals surface area (Å²) in [6.45, 7) is 0.952. The van der Waals surface area contributed by atoms with Crippen molar-refractivity contribution in [2.24, 2.45) is 0 Å². The Kier molecular flexibility index (Phi) is 6.14. The van der Waals surface area contributed by atoms with E-state index in [2.05, 4.69) is 0 Å². The minimum Gasteiger partial charge on any atom is -0.507 e. The molecule has 6 nitrogen and oxygen atoms in total. The van der Waals surface area contributed by atoms with Gasteiger partial charge in [0, 0.05) is 17.7 Å². The molecule has 1 fully saturated rings. The molecule has 1 N–H and O–H groups in total. The smallest absolute Gasteiger partial charge is 0.300 e. The number of ketones is 1. The average Bonchev–Trinajstić information content (AvgIpc) is 3.54. The zero-order valence-electron chi connectivity index (χ0n) is 20.5. The summed E-state index contributed by atoms with van der Waals surface area (Å²) < 4.78 is 11.6. The van der Waals surface area contributed by atoms with Crippen molar-refractivity contribution in [3.63, 3.8) is 0 Å². The average molecular weight is 504 g/mol. The van der Waals surface area contributed by atoms with Crippen LogP contribution in [-0.4, -0.2) is 23.4 Å². The van der Waals surface area contributed by atoms with Gasteiger partial charge < -0.3 is 14.6 Å². The van der Waals surface area contributed by atoms with E-state index in [4.69, 9.17) is 9.47 Å². The maximum atomic E-state index is 13.5. The number of rotatable bonds is 6. The van der Waals surface area contributed by atoms with Crippen molar-refractivity contribution in [2.75, 3.05) is 11.5 Å². The van der Waals surface area contributed by atoms with Crippen molar-refractivity contribution >= 4 is 23.1 Å². The number of carbonyl (C=O) groups excluding carboxylic acids is 2. The number of carbonyl (C=O) groups is 2. The number of para-hydroxylation sites is 1. The number of nitrogens with zero attached hydrogens (tertiary/aromatic N) is 1. The topological polar surface area (TPSA) is 76.1 Å². The van der Waals surface area contributed by atoms with Crippen molar-refractivity contribution in [3.8, 4) is 11.5 Å². The highest BCUT2D eigenvalue weighted by atomic mass is 16.5. The van der Waals surface area contributed by atoms with Crippen molar-refractivity contribution in [2.45, 2.75) is 19.1 Å². The van der Waals surface area contributed by atoms with E-state index in [0.717, 1.165) is 23.3 Å². The lowest BCUT2D eigenvalue weighted by atomic mass is 9.94. The third-order valence-electron chi connectivity index (χ3n) is 6.86. The van der Waals surface area contributed by atoms with Gasteiger partial charge in [-0.25, -0.2) is 0 Å². The first kappa shape index (κ1) is 23.6. The fourth-order valence-electron chi connectivity index (χ4n) is 5.01. The Morgan fingerprint density at radius 2 is 1.66 bits per heavy atom. The molecule has 4 aromatic carbocycles. The zero-order valence-corrected chi connectivity index (χ0v) is 20.5. The maximum Gasteiger partial charge on any atom is 0.300 e. The van der Waals surface area contributed by atoms with Crippen LogP contribution in [0.5, 0.6) is 11.5 Å². The molecule has 0 aliphatic carbocycles. The van der Waals surface area contributed by atoms with E-state index in [9.17, 15) is 14.7 Å². The van der Waals surface area contributed by atoms with Gasteiger partial charge in [0.05, 0.1) is 18.2 Å². The van der Waals surface area contributed by atoms with E-state index in [1.807, 2.05) is 78.9 Å². The molecule has 6 rings (SSSR count). The van der Waals surface area contributed by atoms with Gasteiger partial charge >= 0.3 is 0 Å². The first-order chi connectivity index (χ1) is 18.6. The molecule has 1 amide bonds. The molecule has 1 saturated heterocycles. The number of fused-ring (bicyclic) bond motifs is 1. The van der Waals surface area contributed by atoms with Gasteiger partial charge in [-0.05, 0) is 59.2 Å². The Hall–Kier alpha value is -4.84. The first-order valence-corrected chi connectivity index (χ1v) is 12.5. The van der Waals surface area contributed by atoms with Crippen LogP contribution in [-0.2, 0) is 22.6 Å². The number of hydrogen-bond donors (Lipinski definition) is 1. The van der Waals surface area contributed by atoms with Crippen molar-refractivity contribution in [3.05, 3.63) is 131 Å². The zero-order chi connectivity index (χ0) is 26.1. The normalized spacial score (nSPS) is 17.8. The quantitative estimate of drug-likeness (QED) is 0.204. The van der Waals surface area contributed by atoms with Gasteiger partial charge in [-0.3, -0.25) is 14.5 Å². The van der Waals surface area contributed by atoms with E-state index >= 15 is 0 Å². The van der Waals surface area contributed by atoms with Gasteiger partial charge in [-0.15, -0.1) is 0 Å². The van der Waals surface area contributed by atoms with Gasteiger partial charge in [0.25, 0.3) is 11.7 Å². The second-order valence-corrected chi connectivity index (χ2v) is 9.27. The Bertz CT molecular complexity index is 1540. The number of anilines is 1. The molecule has 0 spiro atoms. The van der Waals surface area contributed by atoms with Crippen molar-refractivity contribution < 1.29 is 24.2 Å². The summed E-state index contributed by atoms with van der Waals surface area (Å²) in [4.78, 5) is 28.3. The molecular weight excluding hydrogens is 478 g/mol. The largest absolute Gasteiger partial charge is 0.507 e.